The Bertz CT molecular complexity index is 524. The van der Waals surface area contributed by atoms with Crippen LogP contribution in [-0.2, 0) is 0 Å². The molecule has 1 aliphatic rings. The van der Waals surface area contributed by atoms with Gasteiger partial charge in [0, 0.05) is 55.5 Å². The van der Waals surface area contributed by atoms with Crippen LogP contribution in [0, 0.1) is 0 Å². The first-order valence-corrected chi connectivity index (χ1v) is 9.34. The summed E-state index contributed by atoms with van der Waals surface area (Å²) in [6, 6.07) is 10.8. The highest BCUT2D eigenvalue weighted by Gasteiger charge is 2.21. The van der Waals surface area contributed by atoms with Gasteiger partial charge in [0.2, 0.25) is 0 Å². The van der Waals surface area contributed by atoms with Crippen molar-refractivity contribution in [3.8, 4) is 0 Å². The van der Waals surface area contributed by atoms with Gasteiger partial charge in [-0.15, -0.1) is 11.3 Å². The maximum atomic E-state index is 4.41. The summed E-state index contributed by atoms with van der Waals surface area (Å²) in [6.45, 7) is 5.53. The molecule has 1 aromatic heterocycles. The van der Waals surface area contributed by atoms with Crippen LogP contribution in [0.1, 0.15) is 11.5 Å². The molecular formula is C16H20BrN3S. The van der Waals surface area contributed by atoms with Gasteiger partial charge in [-0.1, -0.05) is 46.3 Å². The van der Waals surface area contributed by atoms with Gasteiger partial charge in [0.15, 0.2) is 5.13 Å². The Balaban J connectivity index is 1.55. The summed E-state index contributed by atoms with van der Waals surface area (Å²) in [4.78, 5) is 9.38. The minimum Gasteiger partial charge on any atom is -0.346 e. The van der Waals surface area contributed by atoms with Crippen molar-refractivity contribution in [2.45, 2.75) is 5.92 Å². The maximum absolute atomic E-state index is 4.41. The number of rotatable bonds is 5. The van der Waals surface area contributed by atoms with Gasteiger partial charge in [-0.25, -0.2) is 4.98 Å². The fourth-order valence-corrected chi connectivity index (χ4v) is 4.05. The van der Waals surface area contributed by atoms with E-state index in [1.165, 1.54) is 5.56 Å². The monoisotopic (exact) mass is 365 g/mol. The molecule has 1 aliphatic heterocycles. The number of aromatic nitrogens is 1. The van der Waals surface area contributed by atoms with Crippen molar-refractivity contribution < 1.29 is 0 Å². The molecular weight excluding hydrogens is 346 g/mol. The molecule has 0 N–H and O–H groups in total. The van der Waals surface area contributed by atoms with Crippen molar-refractivity contribution in [2.75, 3.05) is 43.0 Å². The second-order valence-corrected chi connectivity index (χ2v) is 6.88. The van der Waals surface area contributed by atoms with E-state index in [0.717, 1.165) is 43.2 Å². The number of anilines is 1. The summed E-state index contributed by atoms with van der Waals surface area (Å²) in [7, 11) is 0. The van der Waals surface area contributed by atoms with Crippen LogP contribution in [0.3, 0.4) is 0 Å². The molecule has 5 heteroatoms. The van der Waals surface area contributed by atoms with E-state index in [9.17, 15) is 0 Å². The normalized spacial score (nSPS) is 17.9. The Kier molecular flexibility index (Phi) is 5.27. The lowest BCUT2D eigenvalue weighted by Gasteiger charge is -2.36. The number of thiazole rings is 1. The highest BCUT2D eigenvalue weighted by molar-refractivity contribution is 9.09. The summed E-state index contributed by atoms with van der Waals surface area (Å²) in [5, 5.41) is 4.23. The average Bonchev–Trinajstić information content (AvgIpc) is 3.08. The molecule has 0 aliphatic carbocycles. The van der Waals surface area contributed by atoms with Crippen LogP contribution in [0.5, 0.6) is 0 Å². The third kappa shape index (κ3) is 3.84. The molecule has 3 rings (SSSR count). The molecule has 0 radical (unpaired) electrons. The quantitative estimate of drug-likeness (QED) is 0.756. The zero-order chi connectivity index (χ0) is 14.5. The van der Waals surface area contributed by atoms with Crippen molar-refractivity contribution in [2.24, 2.45) is 0 Å². The first-order chi connectivity index (χ1) is 10.4. The van der Waals surface area contributed by atoms with Gasteiger partial charge in [0.05, 0.1) is 0 Å². The number of benzene rings is 1. The van der Waals surface area contributed by atoms with Crippen molar-refractivity contribution in [3.63, 3.8) is 0 Å². The van der Waals surface area contributed by atoms with Crippen LogP contribution in [0.2, 0.25) is 0 Å². The van der Waals surface area contributed by atoms with E-state index < -0.39 is 0 Å². The Morgan fingerprint density at radius 2 is 1.90 bits per heavy atom. The zero-order valence-electron chi connectivity index (χ0n) is 12.0. The minimum atomic E-state index is 0.567. The summed E-state index contributed by atoms with van der Waals surface area (Å²) >= 11 is 5.41. The van der Waals surface area contributed by atoms with Crippen LogP contribution in [0.4, 0.5) is 5.13 Å². The molecule has 1 saturated heterocycles. The smallest absolute Gasteiger partial charge is 0.185 e. The van der Waals surface area contributed by atoms with Gasteiger partial charge in [-0.2, -0.15) is 0 Å². The summed E-state index contributed by atoms with van der Waals surface area (Å²) in [6.07, 6.45) is 1.89. The van der Waals surface area contributed by atoms with Crippen molar-refractivity contribution in [1.29, 1.82) is 0 Å². The molecule has 1 unspecified atom stereocenters. The number of alkyl halides is 1. The summed E-state index contributed by atoms with van der Waals surface area (Å²) < 4.78 is 0. The second-order valence-electron chi connectivity index (χ2n) is 5.36. The van der Waals surface area contributed by atoms with Gasteiger partial charge in [0.1, 0.15) is 0 Å². The predicted octanol–water partition coefficient (Wildman–Crippen LogP) is 3.44. The molecule has 3 nitrogen and oxygen atoms in total. The molecule has 0 amide bonds. The third-order valence-electron chi connectivity index (χ3n) is 4.00. The van der Waals surface area contributed by atoms with E-state index >= 15 is 0 Å². The molecule has 0 spiro atoms. The average molecular weight is 366 g/mol. The fourth-order valence-electron chi connectivity index (χ4n) is 2.77. The number of halogens is 1. The predicted molar refractivity (Wildman–Crippen MR) is 93.7 cm³/mol. The van der Waals surface area contributed by atoms with Crippen molar-refractivity contribution in [1.82, 2.24) is 9.88 Å². The molecule has 0 bridgehead atoms. The Labute approximate surface area is 138 Å². The first kappa shape index (κ1) is 15.0. The van der Waals surface area contributed by atoms with Crippen molar-refractivity contribution in [3.05, 3.63) is 47.5 Å². The number of hydrogen-bond donors (Lipinski definition) is 0. The number of hydrogen-bond acceptors (Lipinski definition) is 4. The second kappa shape index (κ2) is 7.38. The molecule has 112 valence electrons. The highest BCUT2D eigenvalue weighted by atomic mass is 79.9. The van der Waals surface area contributed by atoms with E-state index in [1.54, 1.807) is 11.3 Å². The largest absolute Gasteiger partial charge is 0.346 e. The highest BCUT2D eigenvalue weighted by Crippen LogP contribution is 2.22. The van der Waals surface area contributed by atoms with Crippen LogP contribution >= 0.6 is 27.3 Å². The standard InChI is InChI=1S/C16H20BrN3S/c17-12-15(14-4-2-1-3-5-14)13-19-7-9-20(10-8-19)16-18-6-11-21-16/h1-6,11,15H,7-10,12-13H2. The lowest BCUT2D eigenvalue weighted by molar-refractivity contribution is 0.247. The van der Waals surface area contributed by atoms with Crippen LogP contribution < -0.4 is 4.90 Å². The number of nitrogens with zero attached hydrogens (tertiary/aromatic N) is 3. The Morgan fingerprint density at radius 1 is 1.14 bits per heavy atom. The van der Waals surface area contributed by atoms with E-state index in [1.807, 2.05) is 6.20 Å². The molecule has 1 aromatic carbocycles. The van der Waals surface area contributed by atoms with E-state index in [4.69, 9.17) is 0 Å². The minimum absolute atomic E-state index is 0.567. The molecule has 2 aromatic rings. The third-order valence-corrected chi connectivity index (χ3v) is 5.61. The van der Waals surface area contributed by atoms with Crippen LogP contribution in [0.25, 0.3) is 0 Å². The van der Waals surface area contributed by atoms with Gasteiger partial charge in [-0.05, 0) is 5.56 Å². The Morgan fingerprint density at radius 3 is 2.52 bits per heavy atom. The van der Waals surface area contributed by atoms with Gasteiger partial charge >= 0.3 is 0 Å². The van der Waals surface area contributed by atoms with Crippen molar-refractivity contribution >= 4 is 32.4 Å². The van der Waals surface area contributed by atoms with Crippen LogP contribution in [-0.4, -0.2) is 47.9 Å². The lowest BCUT2D eigenvalue weighted by atomic mass is 10.0. The summed E-state index contributed by atoms with van der Waals surface area (Å²) in [5.74, 6) is 0.567. The SMILES string of the molecule is BrCC(CN1CCN(c2nccs2)CC1)c1ccccc1. The topological polar surface area (TPSA) is 19.4 Å². The number of piperazine rings is 1. The molecule has 1 atom stereocenters. The lowest BCUT2D eigenvalue weighted by Crippen LogP contribution is -2.47. The van der Waals surface area contributed by atoms with E-state index in [-0.39, 0.29) is 0 Å². The van der Waals surface area contributed by atoms with Crippen LogP contribution in [0.15, 0.2) is 41.9 Å². The van der Waals surface area contributed by atoms with Gasteiger partial charge < -0.3 is 4.90 Å². The van der Waals surface area contributed by atoms with E-state index in [0.29, 0.717) is 5.92 Å². The maximum Gasteiger partial charge on any atom is 0.185 e. The molecule has 1 fully saturated rings. The molecule has 0 saturated carbocycles. The fraction of sp³-hybridized carbons (Fsp3) is 0.438. The molecule has 21 heavy (non-hydrogen) atoms. The zero-order valence-corrected chi connectivity index (χ0v) is 14.4. The van der Waals surface area contributed by atoms with Gasteiger partial charge in [0.25, 0.3) is 0 Å². The Hall–Kier alpha value is -0.910. The van der Waals surface area contributed by atoms with Gasteiger partial charge in [-0.3, -0.25) is 4.90 Å². The summed E-state index contributed by atoms with van der Waals surface area (Å²) in [5.41, 5.74) is 1.43. The van der Waals surface area contributed by atoms with E-state index in [2.05, 4.69) is 66.4 Å². The molecule has 2 heterocycles. The first-order valence-electron chi connectivity index (χ1n) is 7.34.